The molecule has 0 aromatic rings. The van der Waals surface area contributed by atoms with Gasteiger partial charge >= 0.3 is 0 Å². The zero-order chi connectivity index (χ0) is 16.7. The normalized spacial score (nSPS) is 49.8. The highest BCUT2D eigenvalue weighted by molar-refractivity contribution is 5.91. The van der Waals surface area contributed by atoms with Gasteiger partial charge in [0.05, 0.1) is 0 Å². The quantitative estimate of drug-likeness (QED) is 0.517. The van der Waals surface area contributed by atoms with Crippen LogP contribution in [-0.2, 0) is 4.79 Å². The third-order valence-electron chi connectivity index (χ3n) is 9.10. The summed E-state index contributed by atoms with van der Waals surface area (Å²) in [5.74, 6) is 1.86. The summed E-state index contributed by atoms with van der Waals surface area (Å²) in [6.07, 6.45) is 15.4. The predicted octanol–water partition coefficient (Wildman–Crippen LogP) is 5.77. The zero-order valence-electron chi connectivity index (χ0n) is 15.3. The largest absolute Gasteiger partial charge is 0.295 e. The summed E-state index contributed by atoms with van der Waals surface area (Å²) in [6, 6.07) is 0. The lowest BCUT2D eigenvalue weighted by Gasteiger charge is -2.58. The molecule has 0 amide bonds. The van der Waals surface area contributed by atoms with Crippen molar-refractivity contribution in [3.63, 3.8) is 0 Å². The second-order valence-corrected chi connectivity index (χ2v) is 9.78. The number of ketones is 1. The van der Waals surface area contributed by atoms with E-state index in [2.05, 4.69) is 26.5 Å². The predicted molar refractivity (Wildman–Crippen MR) is 97.5 cm³/mol. The number of fused-ring (bicyclic) bond motifs is 4. The lowest BCUT2D eigenvalue weighted by atomic mass is 9.46. The minimum Gasteiger partial charge on any atom is -0.295 e. The maximum absolute atomic E-state index is 11.9. The molecule has 5 aliphatic rings. The first-order chi connectivity index (χ1) is 11.4. The van der Waals surface area contributed by atoms with Gasteiger partial charge in [0.25, 0.3) is 0 Å². The first-order valence-electron chi connectivity index (χ1n) is 10.0. The Bertz CT molecular complexity index is 710. The van der Waals surface area contributed by atoms with E-state index in [9.17, 15) is 4.79 Å². The minimum atomic E-state index is 0.276. The molecule has 3 unspecified atom stereocenters. The zero-order valence-corrected chi connectivity index (χ0v) is 15.3. The van der Waals surface area contributed by atoms with Crippen LogP contribution in [-0.4, -0.2) is 5.78 Å². The number of carbonyl (C=O) groups is 1. The van der Waals surface area contributed by atoms with Gasteiger partial charge < -0.3 is 0 Å². The van der Waals surface area contributed by atoms with Crippen molar-refractivity contribution in [1.82, 2.24) is 0 Å². The highest BCUT2D eigenvalue weighted by Gasteiger charge is 2.64. The summed E-state index contributed by atoms with van der Waals surface area (Å²) in [5, 5.41) is 0. The van der Waals surface area contributed by atoms with E-state index in [-0.39, 0.29) is 5.41 Å². The Hall–Kier alpha value is -1.11. The van der Waals surface area contributed by atoms with E-state index in [1.165, 1.54) is 49.7 Å². The van der Waals surface area contributed by atoms with Gasteiger partial charge in [-0.3, -0.25) is 4.79 Å². The second kappa shape index (κ2) is 4.54. The number of allylic oxidation sites excluding steroid dienone is 5. The van der Waals surface area contributed by atoms with Crippen molar-refractivity contribution in [3.05, 3.63) is 35.5 Å². The second-order valence-electron chi connectivity index (χ2n) is 9.78. The van der Waals surface area contributed by atoms with E-state index in [4.69, 9.17) is 0 Å². The fourth-order valence-electron chi connectivity index (χ4n) is 7.69. The van der Waals surface area contributed by atoms with Crippen LogP contribution in [0.1, 0.15) is 71.6 Å². The third-order valence-corrected chi connectivity index (χ3v) is 9.10. The minimum absolute atomic E-state index is 0.276. The summed E-state index contributed by atoms with van der Waals surface area (Å²) in [4.78, 5) is 11.9. The molecule has 1 heteroatoms. The molecule has 3 fully saturated rings. The van der Waals surface area contributed by atoms with Gasteiger partial charge in [-0.05, 0) is 80.1 Å². The summed E-state index contributed by atoms with van der Waals surface area (Å²) < 4.78 is 0. The first-order valence-corrected chi connectivity index (χ1v) is 10.0. The highest BCUT2D eigenvalue weighted by atomic mass is 16.1. The number of hydrogen-bond acceptors (Lipinski definition) is 1. The van der Waals surface area contributed by atoms with Crippen molar-refractivity contribution >= 4 is 5.78 Å². The van der Waals surface area contributed by atoms with Crippen LogP contribution in [0, 0.1) is 28.1 Å². The van der Waals surface area contributed by atoms with Crippen LogP contribution in [0.5, 0.6) is 0 Å². The molecule has 1 nitrogen and oxygen atoms in total. The van der Waals surface area contributed by atoms with E-state index in [1.54, 1.807) is 5.57 Å². The van der Waals surface area contributed by atoms with Crippen LogP contribution in [0.4, 0.5) is 0 Å². The standard InChI is InChI=1S/C23H30O/c1-15-6-10-21(2)11-8-20-18-5-4-16-14-17(24)7-12-22(16,3)19(18)9-13-23(15,20)21/h8,14,18-19H,1,4-7,9-13H2,2-3H3/t18?,19?,21-,22?,23+/m1/s1. The summed E-state index contributed by atoms with van der Waals surface area (Å²) in [5.41, 5.74) is 5.85. The molecule has 0 bridgehead atoms. The maximum atomic E-state index is 11.9. The lowest BCUT2D eigenvalue weighted by molar-refractivity contribution is -0.116. The Balaban J connectivity index is 1.58. The van der Waals surface area contributed by atoms with Gasteiger partial charge in [0.1, 0.15) is 0 Å². The summed E-state index contributed by atoms with van der Waals surface area (Å²) >= 11 is 0. The Kier molecular flexibility index (Phi) is 2.87. The maximum Gasteiger partial charge on any atom is 0.155 e. The van der Waals surface area contributed by atoms with Crippen molar-refractivity contribution in [2.45, 2.75) is 71.6 Å². The molecule has 5 aliphatic carbocycles. The summed E-state index contributed by atoms with van der Waals surface area (Å²) in [7, 11) is 0. The highest BCUT2D eigenvalue weighted by Crippen LogP contribution is 2.73. The number of hydrogen-bond donors (Lipinski definition) is 0. The van der Waals surface area contributed by atoms with E-state index >= 15 is 0 Å². The smallest absolute Gasteiger partial charge is 0.155 e. The SMILES string of the molecule is C=C1CC[C@]2(C)CC=C3C4CCC5=CC(=O)CCC5(C)C4CC[C@]132. The van der Waals surface area contributed by atoms with Crippen LogP contribution in [0.2, 0.25) is 0 Å². The number of carbonyl (C=O) groups excluding carboxylic acids is 1. The Labute approximate surface area is 146 Å². The van der Waals surface area contributed by atoms with Crippen LogP contribution in [0.3, 0.4) is 0 Å². The van der Waals surface area contributed by atoms with E-state index in [1.807, 2.05) is 6.08 Å². The van der Waals surface area contributed by atoms with Crippen molar-refractivity contribution in [2.75, 3.05) is 0 Å². The first kappa shape index (κ1) is 15.2. The Morgan fingerprint density at radius 1 is 1.08 bits per heavy atom. The molecule has 24 heavy (non-hydrogen) atoms. The molecule has 0 aliphatic heterocycles. The van der Waals surface area contributed by atoms with Gasteiger partial charge in [-0.15, -0.1) is 0 Å². The van der Waals surface area contributed by atoms with E-state index < -0.39 is 0 Å². The monoisotopic (exact) mass is 322 g/mol. The van der Waals surface area contributed by atoms with Gasteiger partial charge in [-0.2, -0.15) is 0 Å². The number of rotatable bonds is 0. The van der Waals surface area contributed by atoms with Gasteiger partial charge in [0, 0.05) is 11.8 Å². The van der Waals surface area contributed by atoms with Crippen molar-refractivity contribution < 1.29 is 4.79 Å². The summed E-state index contributed by atoms with van der Waals surface area (Å²) in [6.45, 7) is 9.57. The van der Waals surface area contributed by atoms with E-state index in [0.29, 0.717) is 16.6 Å². The molecule has 0 N–H and O–H groups in total. The fourth-order valence-corrected chi connectivity index (χ4v) is 7.69. The molecule has 128 valence electrons. The Morgan fingerprint density at radius 3 is 2.75 bits per heavy atom. The Morgan fingerprint density at radius 2 is 1.92 bits per heavy atom. The average Bonchev–Trinajstić information content (AvgIpc) is 2.99. The van der Waals surface area contributed by atoms with Gasteiger partial charge in [0.2, 0.25) is 0 Å². The molecule has 5 atom stereocenters. The molecular weight excluding hydrogens is 292 g/mol. The van der Waals surface area contributed by atoms with Crippen LogP contribution >= 0.6 is 0 Å². The lowest BCUT2D eigenvalue weighted by Crippen LogP contribution is -2.49. The van der Waals surface area contributed by atoms with Crippen molar-refractivity contribution in [1.29, 1.82) is 0 Å². The molecule has 0 aromatic carbocycles. The van der Waals surface area contributed by atoms with Gasteiger partial charge in [-0.25, -0.2) is 0 Å². The molecule has 3 saturated carbocycles. The molecule has 0 radical (unpaired) electrons. The topological polar surface area (TPSA) is 17.1 Å². The van der Waals surface area contributed by atoms with Gasteiger partial charge in [-0.1, -0.05) is 43.2 Å². The van der Waals surface area contributed by atoms with Crippen LogP contribution < -0.4 is 0 Å². The fraction of sp³-hybridized carbons (Fsp3) is 0.696. The van der Waals surface area contributed by atoms with Crippen molar-refractivity contribution in [3.8, 4) is 0 Å². The molecule has 0 heterocycles. The molecule has 1 spiro atoms. The van der Waals surface area contributed by atoms with E-state index in [0.717, 1.165) is 31.1 Å². The van der Waals surface area contributed by atoms with Crippen LogP contribution in [0.25, 0.3) is 0 Å². The van der Waals surface area contributed by atoms with Crippen LogP contribution in [0.15, 0.2) is 35.5 Å². The molecule has 0 aromatic heterocycles. The molecular formula is C23H30O. The average molecular weight is 322 g/mol. The van der Waals surface area contributed by atoms with Gasteiger partial charge in [0.15, 0.2) is 5.78 Å². The molecule has 0 saturated heterocycles. The van der Waals surface area contributed by atoms with Crippen molar-refractivity contribution in [2.24, 2.45) is 28.1 Å². The third kappa shape index (κ3) is 1.56. The molecule has 5 rings (SSSR count).